The first-order valence-electron chi connectivity index (χ1n) is 6.58. The number of hydrogen-bond acceptors (Lipinski definition) is 3. The van der Waals surface area contributed by atoms with Crippen molar-refractivity contribution in [2.75, 3.05) is 0 Å². The summed E-state index contributed by atoms with van der Waals surface area (Å²) in [5.74, 6) is 0.0873. The number of benzene rings is 1. The third kappa shape index (κ3) is 5.16. The number of carbonyl (C=O) groups excluding carboxylic acids is 1. The molecule has 1 atom stereocenters. The van der Waals surface area contributed by atoms with Crippen LogP contribution in [0.4, 0.5) is 0 Å². The lowest BCUT2D eigenvalue weighted by molar-refractivity contribution is 0.0935. The molecule has 21 heavy (non-hydrogen) atoms. The highest BCUT2D eigenvalue weighted by atomic mass is 35.7. The van der Waals surface area contributed by atoms with Gasteiger partial charge in [0.2, 0.25) is 0 Å². The van der Waals surface area contributed by atoms with E-state index in [4.69, 9.17) is 22.3 Å². The molecule has 0 aliphatic carbocycles. The fourth-order valence-corrected chi connectivity index (χ4v) is 3.72. The van der Waals surface area contributed by atoms with E-state index in [9.17, 15) is 13.2 Å². The standard InChI is InChI=1S/C14H19Cl2NO3S/c1-8(2)5-9(3)17-14(18)12-6-11(15)7-13(10(12)4)21(16,19)20/h6-9H,5H2,1-4H3,(H,17,18). The van der Waals surface area contributed by atoms with Crippen LogP contribution in [-0.2, 0) is 9.05 Å². The molecule has 0 bridgehead atoms. The molecule has 0 heterocycles. The van der Waals surface area contributed by atoms with Crippen LogP contribution in [0, 0.1) is 12.8 Å². The van der Waals surface area contributed by atoms with Gasteiger partial charge in [0.25, 0.3) is 15.0 Å². The van der Waals surface area contributed by atoms with Crippen LogP contribution < -0.4 is 5.32 Å². The van der Waals surface area contributed by atoms with Crippen molar-refractivity contribution in [1.29, 1.82) is 0 Å². The monoisotopic (exact) mass is 351 g/mol. The van der Waals surface area contributed by atoms with E-state index in [0.717, 1.165) is 6.42 Å². The molecule has 0 aliphatic rings. The minimum atomic E-state index is -3.95. The van der Waals surface area contributed by atoms with Gasteiger partial charge >= 0.3 is 0 Å². The third-order valence-electron chi connectivity index (χ3n) is 3.03. The molecule has 0 spiro atoms. The number of amides is 1. The Balaban J connectivity index is 3.14. The van der Waals surface area contributed by atoms with Gasteiger partial charge in [0.15, 0.2) is 0 Å². The molecule has 7 heteroatoms. The van der Waals surface area contributed by atoms with E-state index in [1.807, 2.05) is 6.92 Å². The molecular formula is C14H19Cl2NO3S. The third-order valence-corrected chi connectivity index (χ3v) is 4.70. The van der Waals surface area contributed by atoms with Gasteiger partial charge in [-0.25, -0.2) is 8.42 Å². The van der Waals surface area contributed by atoms with Gasteiger partial charge in [-0.15, -0.1) is 0 Å². The van der Waals surface area contributed by atoms with Crippen LogP contribution in [0.1, 0.15) is 43.1 Å². The van der Waals surface area contributed by atoms with Crippen molar-refractivity contribution in [3.63, 3.8) is 0 Å². The second kappa shape index (κ2) is 6.99. The summed E-state index contributed by atoms with van der Waals surface area (Å²) < 4.78 is 23.0. The van der Waals surface area contributed by atoms with Crippen molar-refractivity contribution in [2.24, 2.45) is 5.92 Å². The highest BCUT2D eigenvalue weighted by Crippen LogP contribution is 2.27. The topological polar surface area (TPSA) is 63.2 Å². The summed E-state index contributed by atoms with van der Waals surface area (Å²) in [6, 6.07) is 2.67. The molecule has 0 saturated carbocycles. The summed E-state index contributed by atoms with van der Waals surface area (Å²) in [5.41, 5.74) is 0.515. The molecule has 0 aliphatic heterocycles. The van der Waals surface area contributed by atoms with Crippen molar-refractivity contribution in [2.45, 2.75) is 45.1 Å². The maximum atomic E-state index is 12.3. The minimum Gasteiger partial charge on any atom is -0.350 e. The minimum absolute atomic E-state index is 0.0214. The first-order valence-corrected chi connectivity index (χ1v) is 9.26. The van der Waals surface area contributed by atoms with Crippen LogP contribution in [0.2, 0.25) is 5.02 Å². The van der Waals surface area contributed by atoms with Crippen LogP contribution in [0.25, 0.3) is 0 Å². The van der Waals surface area contributed by atoms with E-state index in [0.29, 0.717) is 11.5 Å². The number of carbonyl (C=O) groups is 1. The summed E-state index contributed by atoms with van der Waals surface area (Å²) in [7, 11) is 1.42. The van der Waals surface area contributed by atoms with Crippen LogP contribution in [-0.4, -0.2) is 20.4 Å². The average Bonchev–Trinajstić information content (AvgIpc) is 2.28. The van der Waals surface area contributed by atoms with Crippen molar-refractivity contribution >= 4 is 37.2 Å². The normalized spacial score (nSPS) is 13.3. The Bertz CT molecular complexity index is 642. The van der Waals surface area contributed by atoms with Crippen LogP contribution >= 0.6 is 22.3 Å². The molecule has 0 saturated heterocycles. The molecule has 0 fully saturated rings. The summed E-state index contributed by atoms with van der Waals surface area (Å²) >= 11 is 5.89. The summed E-state index contributed by atoms with van der Waals surface area (Å²) in [6.45, 7) is 7.56. The van der Waals surface area contributed by atoms with E-state index < -0.39 is 9.05 Å². The highest BCUT2D eigenvalue weighted by Gasteiger charge is 2.21. The number of halogens is 2. The molecule has 0 radical (unpaired) electrons. The van der Waals surface area contributed by atoms with Gasteiger partial charge in [-0.2, -0.15) is 0 Å². The maximum absolute atomic E-state index is 12.3. The van der Waals surface area contributed by atoms with E-state index in [1.165, 1.54) is 19.1 Å². The predicted molar refractivity (Wildman–Crippen MR) is 85.6 cm³/mol. The Morgan fingerprint density at radius 1 is 1.29 bits per heavy atom. The average molecular weight is 352 g/mol. The first-order chi connectivity index (χ1) is 9.52. The molecule has 4 nitrogen and oxygen atoms in total. The smallest absolute Gasteiger partial charge is 0.261 e. The van der Waals surface area contributed by atoms with Gasteiger partial charge in [0, 0.05) is 27.3 Å². The number of rotatable bonds is 5. The predicted octanol–water partition coefficient (Wildman–Crippen LogP) is 3.74. The van der Waals surface area contributed by atoms with Gasteiger partial charge in [-0.05, 0) is 43.9 Å². The largest absolute Gasteiger partial charge is 0.350 e. The zero-order chi connectivity index (χ0) is 16.4. The van der Waals surface area contributed by atoms with Crippen LogP contribution in [0.15, 0.2) is 17.0 Å². The second-order valence-electron chi connectivity index (χ2n) is 5.52. The second-order valence-corrected chi connectivity index (χ2v) is 8.49. The maximum Gasteiger partial charge on any atom is 0.261 e. The van der Waals surface area contributed by atoms with E-state index in [1.54, 1.807) is 0 Å². The molecular weight excluding hydrogens is 333 g/mol. The van der Waals surface area contributed by atoms with Gasteiger partial charge in [-0.1, -0.05) is 25.4 Å². The lowest BCUT2D eigenvalue weighted by atomic mass is 10.0. The van der Waals surface area contributed by atoms with Gasteiger partial charge in [0.1, 0.15) is 0 Å². The van der Waals surface area contributed by atoms with Gasteiger partial charge in [0.05, 0.1) is 4.90 Å². The summed E-state index contributed by atoms with van der Waals surface area (Å²) in [6.07, 6.45) is 0.825. The van der Waals surface area contributed by atoms with E-state index in [2.05, 4.69) is 19.2 Å². The summed E-state index contributed by atoms with van der Waals surface area (Å²) in [5, 5.41) is 2.99. The Morgan fingerprint density at radius 3 is 2.33 bits per heavy atom. The van der Waals surface area contributed by atoms with Crippen molar-refractivity contribution < 1.29 is 13.2 Å². The zero-order valence-corrected chi connectivity index (χ0v) is 14.7. The Labute approximate surface area is 135 Å². The molecule has 118 valence electrons. The Hall–Kier alpha value is -0.780. The molecule has 1 aromatic rings. The Morgan fingerprint density at radius 2 is 1.86 bits per heavy atom. The molecule has 1 amide bonds. The van der Waals surface area contributed by atoms with Crippen LogP contribution in [0.3, 0.4) is 0 Å². The van der Waals surface area contributed by atoms with Crippen molar-refractivity contribution in [3.05, 3.63) is 28.3 Å². The van der Waals surface area contributed by atoms with Gasteiger partial charge < -0.3 is 5.32 Å². The zero-order valence-electron chi connectivity index (χ0n) is 12.4. The fraction of sp³-hybridized carbons (Fsp3) is 0.500. The molecule has 1 aromatic carbocycles. The first kappa shape index (κ1) is 18.3. The number of nitrogens with one attached hydrogen (secondary N) is 1. The Kier molecular flexibility index (Phi) is 6.08. The SMILES string of the molecule is Cc1c(C(=O)NC(C)CC(C)C)cc(Cl)cc1S(=O)(=O)Cl. The lowest BCUT2D eigenvalue weighted by Crippen LogP contribution is -2.34. The molecule has 0 aromatic heterocycles. The van der Waals surface area contributed by atoms with E-state index in [-0.39, 0.29) is 27.4 Å². The molecule has 1 unspecified atom stereocenters. The highest BCUT2D eigenvalue weighted by molar-refractivity contribution is 8.13. The van der Waals surface area contributed by atoms with Crippen molar-refractivity contribution in [1.82, 2.24) is 5.32 Å². The van der Waals surface area contributed by atoms with Crippen LogP contribution in [0.5, 0.6) is 0 Å². The number of hydrogen-bond donors (Lipinski definition) is 1. The summed E-state index contributed by atoms with van der Waals surface area (Å²) in [4.78, 5) is 12.1. The molecule has 1 rings (SSSR count). The van der Waals surface area contributed by atoms with Crippen molar-refractivity contribution in [3.8, 4) is 0 Å². The van der Waals surface area contributed by atoms with E-state index >= 15 is 0 Å². The lowest BCUT2D eigenvalue weighted by Gasteiger charge is -2.17. The fourth-order valence-electron chi connectivity index (χ4n) is 2.21. The molecule has 1 N–H and O–H groups in total. The quantitative estimate of drug-likeness (QED) is 0.821. The van der Waals surface area contributed by atoms with Gasteiger partial charge in [-0.3, -0.25) is 4.79 Å².